The maximum atomic E-state index is 11.4. The largest absolute Gasteiger partial charge is 0.481 e. The van der Waals surface area contributed by atoms with E-state index in [2.05, 4.69) is 41.0 Å². The second-order valence-corrected chi connectivity index (χ2v) is 12.4. The third kappa shape index (κ3) is 8.65. The number of carboxylic acid groups (broad SMARTS) is 1. The number of carboxylic acids is 1. The number of nitrogens with two attached hydrogens (primary N) is 1. The first kappa shape index (κ1) is 29.8. The number of hydrogen-bond acceptors (Lipinski definition) is 6. The Bertz CT molecular complexity index is 1200. The first-order valence-corrected chi connectivity index (χ1v) is 13.6. The molecule has 206 valence electrons. The van der Waals surface area contributed by atoms with Gasteiger partial charge in [0.1, 0.15) is 0 Å². The number of hydrogen-bond donors (Lipinski definition) is 2. The molecule has 2 aromatic carbocycles. The molecule has 7 nitrogen and oxygen atoms in total. The number of benzene rings is 2. The molecular weight excluding hydrogens is 500 g/mol. The summed E-state index contributed by atoms with van der Waals surface area (Å²) in [4.78, 5) is 18.3. The Balaban J connectivity index is 0.000000732. The molecule has 0 saturated carbocycles. The Morgan fingerprint density at radius 3 is 2.24 bits per heavy atom. The van der Waals surface area contributed by atoms with Gasteiger partial charge in [0.2, 0.25) is 5.82 Å². The van der Waals surface area contributed by atoms with Crippen molar-refractivity contribution in [3.8, 4) is 22.8 Å². The van der Waals surface area contributed by atoms with Crippen molar-refractivity contribution >= 4 is 17.6 Å². The van der Waals surface area contributed by atoms with Crippen LogP contribution in [-0.2, 0) is 17.8 Å². The van der Waals surface area contributed by atoms with Crippen molar-refractivity contribution in [2.24, 2.45) is 17.1 Å². The molecule has 38 heavy (non-hydrogen) atoms. The number of halogens is 1. The average molecular weight is 541 g/mol. The van der Waals surface area contributed by atoms with Crippen LogP contribution in [0.15, 0.2) is 47.0 Å². The summed E-state index contributed by atoms with van der Waals surface area (Å²) in [6.07, 6.45) is 2.28. The van der Waals surface area contributed by atoms with Crippen LogP contribution in [0, 0.1) is 11.3 Å². The standard InChI is InChI=1S/C26H30ClN3O3.C4H11N/c1-17(2)14-20-8-9-21(15-22(20)27)24-28-23(29-33-24)19-6-4-18(5-7-19)16-30-12-10-26(3,11-13-30)25(31)32;1-4(2,3)5/h4-9,15,17H,10-14,16H2,1-3H3,(H,31,32);5H2,1-3H3. The van der Waals surface area contributed by atoms with Gasteiger partial charge in [-0.3, -0.25) is 9.69 Å². The Morgan fingerprint density at radius 2 is 1.71 bits per heavy atom. The molecule has 1 aliphatic rings. The molecule has 8 heteroatoms. The topological polar surface area (TPSA) is 105 Å². The van der Waals surface area contributed by atoms with Gasteiger partial charge in [-0.15, -0.1) is 0 Å². The molecule has 1 saturated heterocycles. The van der Waals surface area contributed by atoms with Gasteiger partial charge in [-0.25, -0.2) is 0 Å². The van der Waals surface area contributed by atoms with Crippen molar-refractivity contribution in [1.29, 1.82) is 0 Å². The van der Waals surface area contributed by atoms with Gasteiger partial charge in [0.25, 0.3) is 5.89 Å². The molecule has 3 N–H and O–H groups in total. The summed E-state index contributed by atoms with van der Waals surface area (Å²) in [5.74, 6) is 0.821. The van der Waals surface area contributed by atoms with Crippen molar-refractivity contribution in [3.63, 3.8) is 0 Å². The van der Waals surface area contributed by atoms with Crippen LogP contribution in [0.1, 0.15) is 65.5 Å². The van der Waals surface area contributed by atoms with Gasteiger partial charge < -0.3 is 15.4 Å². The molecule has 1 aliphatic heterocycles. The van der Waals surface area contributed by atoms with Gasteiger partial charge in [-0.2, -0.15) is 4.98 Å². The molecule has 0 radical (unpaired) electrons. The van der Waals surface area contributed by atoms with Gasteiger partial charge >= 0.3 is 5.97 Å². The highest BCUT2D eigenvalue weighted by atomic mass is 35.5. The zero-order valence-corrected chi connectivity index (χ0v) is 24.2. The predicted octanol–water partition coefficient (Wildman–Crippen LogP) is 6.69. The maximum absolute atomic E-state index is 11.4. The zero-order valence-electron chi connectivity index (χ0n) is 23.4. The van der Waals surface area contributed by atoms with Gasteiger partial charge in [0.05, 0.1) is 5.41 Å². The molecular formula is C30H41ClN4O3. The summed E-state index contributed by atoms with van der Waals surface area (Å²) < 4.78 is 5.50. The number of nitrogens with zero attached hydrogens (tertiary/aromatic N) is 3. The molecule has 0 aliphatic carbocycles. The van der Waals surface area contributed by atoms with Crippen LogP contribution < -0.4 is 5.73 Å². The van der Waals surface area contributed by atoms with Crippen LogP contribution in [0.4, 0.5) is 0 Å². The average Bonchev–Trinajstić information content (AvgIpc) is 3.31. The van der Waals surface area contributed by atoms with E-state index >= 15 is 0 Å². The van der Waals surface area contributed by atoms with E-state index in [9.17, 15) is 9.90 Å². The summed E-state index contributed by atoms with van der Waals surface area (Å²) in [5, 5.41) is 14.3. The van der Waals surface area contributed by atoms with Gasteiger partial charge in [0, 0.05) is 28.2 Å². The van der Waals surface area contributed by atoms with E-state index in [1.54, 1.807) is 0 Å². The minimum Gasteiger partial charge on any atom is -0.481 e. The SMILES string of the molecule is CC(C)(C)N.CC(C)Cc1ccc(-c2nc(-c3ccc(CN4CCC(C)(C(=O)O)CC4)cc3)no2)cc1Cl. The van der Waals surface area contributed by atoms with Crippen molar-refractivity contribution in [1.82, 2.24) is 15.0 Å². The van der Waals surface area contributed by atoms with E-state index in [0.29, 0.717) is 35.5 Å². The fraction of sp³-hybridized carbons (Fsp3) is 0.500. The number of aliphatic carboxylic acids is 1. The summed E-state index contributed by atoms with van der Waals surface area (Å²) in [6.45, 7) is 14.5. The molecule has 0 atom stereocenters. The van der Waals surface area contributed by atoms with Gasteiger partial charge in [0.15, 0.2) is 0 Å². The maximum Gasteiger partial charge on any atom is 0.309 e. The second kappa shape index (κ2) is 12.4. The summed E-state index contributed by atoms with van der Waals surface area (Å²) >= 11 is 6.45. The fourth-order valence-electron chi connectivity index (χ4n) is 4.18. The highest BCUT2D eigenvalue weighted by molar-refractivity contribution is 6.31. The Hall–Kier alpha value is -2.74. The lowest BCUT2D eigenvalue weighted by atomic mass is 9.80. The molecule has 1 aromatic heterocycles. The lowest BCUT2D eigenvalue weighted by Crippen LogP contribution is -2.42. The van der Waals surface area contributed by atoms with Crippen LogP contribution in [0.2, 0.25) is 5.02 Å². The van der Waals surface area contributed by atoms with Crippen LogP contribution >= 0.6 is 11.6 Å². The molecule has 1 fully saturated rings. The zero-order chi connectivity index (χ0) is 28.1. The highest BCUT2D eigenvalue weighted by Crippen LogP contribution is 2.32. The number of piperidine rings is 1. The summed E-state index contributed by atoms with van der Waals surface area (Å²) in [5.41, 5.74) is 8.73. The Morgan fingerprint density at radius 1 is 1.13 bits per heavy atom. The molecule has 0 spiro atoms. The first-order chi connectivity index (χ1) is 17.7. The molecule has 0 unspecified atom stereocenters. The van der Waals surface area contributed by atoms with Crippen LogP contribution in [0.3, 0.4) is 0 Å². The summed E-state index contributed by atoms with van der Waals surface area (Å²) in [7, 11) is 0. The molecule has 3 aromatic rings. The lowest BCUT2D eigenvalue weighted by molar-refractivity contribution is -0.150. The smallest absolute Gasteiger partial charge is 0.309 e. The van der Waals surface area contributed by atoms with Gasteiger partial charge in [-0.05, 0) is 89.2 Å². The van der Waals surface area contributed by atoms with E-state index < -0.39 is 11.4 Å². The van der Waals surface area contributed by atoms with E-state index in [4.69, 9.17) is 21.9 Å². The number of rotatable bonds is 7. The predicted molar refractivity (Wildman–Crippen MR) is 153 cm³/mol. The van der Waals surface area contributed by atoms with Crippen LogP contribution in [0.25, 0.3) is 22.8 Å². The third-order valence-electron chi connectivity index (χ3n) is 6.45. The lowest BCUT2D eigenvalue weighted by Gasteiger charge is -2.36. The van der Waals surface area contributed by atoms with Crippen LogP contribution in [0.5, 0.6) is 0 Å². The fourth-order valence-corrected chi connectivity index (χ4v) is 4.44. The van der Waals surface area contributed by atoms with E-state index in [1.165, 1.54) is 5.56 Å². The first-order valence-electron chi connectivity index (χ1n) is 13.2. The van der Waals surface area contributed by atoms with E-state index in [1.807, 2.05) is 58.0 Å². The summed E-state index contributed by atoms with van der Waals surface area (Å²) in [6, 6.07) is 14.0. The third-order valence-corrected chi connectivity index (χ3v) is 6.80. The molecule has 0 amide bonds. The van der Waals surface area contributed by atoms with Gasteiger partial charge in [-0.1, -0.05) is 60.9 Å². The second-order valence-electron chi connectivity index (χ2n) is 12.0. The molecule has 2 heterocycles. The molecule has 4 rings (SSSR count). The number of aromatic nitrogens is 2. The van der Waals surface area contributed by atoms with Crippen molar-refractivity contribution in [2.75, 3.05) is 13.1 Å². The van der Waals surface area contributed by atoms with Crippen molar-refractivity contribution in [2.45, 2.75) is 72.9 Å². The van der Waals surface area contributed by atoms with Crippen molar-refractivity contribution in [3.05, 3.63) is 58.6 Å². The number of carbonyl (C=O) groups is 1. The minimum absolute atomic E-state index is 0. The van der Waals surface area contributed by atoms with Crippen molar-refractivity contribution < 1.29 is 14.4 Å². The molecule has 0 bridgehead atoms. The monoisotopic (exact) mass is 540 g/mol. The quantitative estimate of drug-likeness (QED) is 0.344. The minimum atomic E-state index is -0.695. The Kier molecular flexibility index (Phi) is 9.74. The van der Waals surface area contributed by atoms with E-state index in [-0.39, 0.29) is 5.54 Å². The van der Waals surface area contributed by atoms with E-state index in [0.717, 1.165) is 42.7 Å². The Labute approximate surface area is 231 Å². The van der Waals surface area contributed by atoms with Crippen LogP contribution in [-0.4, -0.2) is 44.7 Å². The number of likely N-dealkylation sites (tertiary alicyclic amines) is 1. The normalized spacial score (nSPS) is 15.7. The highest BCUT2D eigenvalue weighted by Gasteiger charge is 2.36.